The molecule has 4 aliphatic rings. The van der Waals surface area contributed by atoms with Crippen molar-refractivity contribution in [3.8, 4) is 0 Å². The highest BCUT2D eigenvalue weighted by molar-refractivity contribution is 5.66. The maximum absolute atomic E-state index is 11.7. The van der Waals surface area contributed by atoms with E-state index in [9.17, 15) is 25.2 Å². The Labute approximate surface area is 192 Å². The topological polar surface area (TPSA) is 118 Å². The van der Waals surface area contributed by atoms with Crippen molar-refractivity contribution in [1.82, 2.24) is 0 Å². The monoisotopic (exact) mass is 452 g/mol. The van der Waals surface area contributed by atoms with Crippen molar-refractivity contribution < 1.29 is 30.3 Å². The first kappa shape index (κ1) is 24.4. The van der Waals surface area contributed by atoms with Gasteiger partial charge in [0, 0.05) is 11.8 Å². The summed E-state index contributed by atoms with van der Waals surface area (Å²) in [5.74, 6) is -0.439. The third kappa shape index (κ3) is 3.47. The lowest BCUT2D eigenvalue weighted by atomic mass is 9.41. The van der Waals surface area contributed by atoms with E-state index in [1.165, 1.54) is 0 Å². The number of carboxylic acids is 1. The van der Waals surface area contributed by atoms with Crippen LogP contribution in [0.2, 0.25) is 0 Å². The molecule has 13 unspecified atom stereocenters. The van der Waals surface area contributed by atoms with Crippen molar-refractivity contribution in [3.63, 3.8) is 0 Å². The summed E-state index contributed by atoms with van der Waals surface area (Å²) in [4.78, 5) is 11.2. The third-order valence-electron chi connectivity index (χ3n) is 11.0. The number of aliphatic hydroxyl groups excluding tert-OH is 4. The van der Waals surface area contributed by atoms with Gasteiger partial charge in [-0.1, -0.05) is 34.1 Å². The maximum Gasteiger partial charge on any atom is 0.303 e. The lowest BCUT2D eigenvalue weighted by Crippen LogP contribution is -2.65. The van der Waals surface area contributed by atoms with Crippen LogP contribution in [0.15, 0.2) is 0 Å². The van der Waals surface area contributed by atoms with Gasteiger partial charge in [0.25, 0.3) is 0 Å². The molecule has 5 N–H and O–H groups in total. The van der Waals surface area contributed by atoms with E-state index >= 15 is 0 Å². The zero-order chi connectivity index (χ0) is 23.6. The number of aliphatic hydroxyl groups is 4. The molecule has 0 saturated heterocycles. The molecule has 0 bridgehead atoms. The molecule has 0 spiro atoms. The van der Waals surface area contributed by atoms with E-state index in [4.69, 9.17) is 5.11 Å². The predicted molar refractivity (Wildman–Crippen MR) is 121 cm³/mol. The van der Waals surface area contributed by atoms with Crippen LogP contribution in [0.3, 0.4) is 0 Å². The molecule has 4 rings (SSSR count). The molecule has 0 radical (unpaired) electrons. The number of carbonyl (C=O) groups is 1. The summed E-state index contributed by atoms with van der Waals surface area (Å²) >= 11 is 0. The summed E-state index contributed by atoms with van der Waals surface area (Å²) in [6, 6.07) is 0. The van der Waals surface area contributed by atoms with Gasteiger partial charge < -0.3 is 25.5 Å². The fourth-order valence-electron chi connectivity index (χ4n) is 9.52. The lowest BCUT2D eigenvalue weighted by Gasteiger charge is -2.65. The van der Waals surface area contributed by atoms with Crippen molar-refractivity contribution in [2.45, 2.75) is 103 Å². The van der Waals surface area contributed by atoms with Crippen LogP contribution >= 0.6 is 0 Å². The van der Waals surface area contributed by atoms with Crippen LogP contribution in [0.4, 0.5) is 0 Å². The Bertz CT molecular complexity index is 712. The smallest absolute Gasteiger partial charge is 0.303 e. The van der Waals surface area contributed by atoms with Gasteiger partial charge in [-0.2, -0.15) is 0 Å². The van der Waals surface area contributed by atoms with Gasteiger partial charge in [0.15, 0.2) is 0 Å². The van der Waals surface area contributed by atoms with Crippen LogP contribution in [0.25, 0.3) is 0 Å². The zero-order valence-corrected chi connectivity index (χ0v) is 20.2. The van der Waals surface area contributed by atoms with Crippen LogP contribution in [-0.2, 0) is 4.79 Å². The van der Waals surface area contributed by atoms with Gasteiger partial charge in [0.05, 0.1) is 24.4 Å². The summed E-state index contributed by atoms with van der Waals surface area (Å²) in [5, 5.41) is 54.1. The first-order valence-corrected chi connectivity index (χ1v) is 12.9. The molecule has 6 heteroatoms. The molecule has 0 aromatic carbocycles. The van der Waals surface area contributed by atoms with Crippen molar-refractivity contribution in [2.75, 3.05) is 0 Å². The number of hydrogen-bond acceptors (Lipinski definition) is 5. The molecule has 13 atom stereocenters. The molecule has 0 aliphatic heterocycles. The number of aliphatic carboxylic acids is 1. The summed E-state index contributed by atoms with van der Waals surface area (Å²) in [6.07, 6.45) is 3.03. The zero-order valence-electron chi connectivity index (χ0n) is 20.2. The van der Waals surface area contributed by atoms with E-state index in [1.54, 1.807) is 0 Å². The molecule has 4 aliphatic carbocycles. The van der Waals surface area contributed by atoms with Crippen LogP contribution < -0.4 is 0 Å². The second-order valence-electron chi connectivity index (χ2n) is 12.2. The Morgan fingerprint density at radius 3 is 2.34 bits per heavy atom. The number of carboxylic acid groups (broad SMARTS) is 1. The fourth-order valence-corrected chi connectivity index (χ4v) is 9.52. The van der Waals surface area contributed by atoms with Gasteiger partial charge in [0.1, 0.15) is 0 Å². The molecule has 0 aromatic heterocycles. The Morgan fingerprint density at radius 2 is 1.72 bits per heavy atom. The van der Waals surface area contributed by atoms with Gasteiger partial charge >= 0.3 is 5.97 Å². The molecule has 6 nitrogen and oxygen atoms in total. The SMILES string of the molecule is CCC1C(O)C2C(CC(O)C3(C)C2CC(O)C3C(C)CCC(=O)O)C2(C)CCC(O)CC12. The molecule has 0 amide bonds. The fraction of sp³-hybridized carbons (Fsp3) is 0.962. The molecule has 184 valence electrons. The highest BCUT2D eigenvalue weighted by Gasteiger charge is 2.68. The van der Waals surface area contributed by atoms with E-state index < -0.39 is 29.7 Å². The minimum Gasteiger partial charge on any atom is -0.481 e. The Hall–Kier alpha value is -0.690. The molecule has 0 heterocycles. The van der Waals surface area contributed by atoms with Gasteiger partial charge in [-0.15, -0.1) is 0 Å². The van der Waals surface area contributed by atoms with Gasteiger partial charge in [-0.25, -0.2) is 0 Å². The van der Waals surface area contributed by atoms with E-state index in [-0.39, 0.29) is 59.4 Å². The average molecular weight is 453 g/mol. The molecular weight excluding hydrogens is 408 g/mol. The minimum atomic E-state index is -0.831. The lowest BCUT2D eigenvalue weighted by molar-refractivity contribution is -0.228. The summed E-state index contributed by atoms with van der Waals surface area (Å²) in [7, 11) is 0. The molecule has 32 heavy (non-hydrogen) atoms. The molecule has 4 saturated carbocycles. The van der Waals surface area contributed by atoms with Crippen LogP contribution in [0.5, 0.6) is 0 Å². The highest BCUT2D eigenvalue weighted by Crippen LogP contribution is 2.69. The average Bonchev–Trinajstić information content (AvgIpc) is 3.00. The summed E-state index contributed by atoms with van der Waals surface area (Å²) in [6.45, 7) is 8.55. The quantitative estimate of drug-likeness (QED) is 0.438. The number of hydrogen-bond donors (Lipinski definition) is 5. The van der Waals surface area contributed by atoms with E-state index in [0.29, 0.717) is 19.3 Å². The first-order valence-electron chi connectivity index (χ1n) is 12.9. The first-order chi connectivity index (χ1) is 15.0. The minimum absolute atomic E-state index is 0.0113. The van der Waals surface area contributed by atoms with Crippen molar-refractivity contribution in [2.24, 2.45) is 52.3 Å². The number of rotatable bonds is 5. The molecular formula is C26H44O6. The maximum atomic E-state index is 11.7. The Balaban J connectivity index is 1.70. The molecule has 4 fully saturated rings. The van der Waals surface area contributed by atoms with E-state index in [0.717, 1.165) is 25.7 Å². The van der Waals surface area contributed by atoms with Gasteiger partial charge in [-0.05, 0) is 85.4 Å². The van der Waals surface area contributed by atoms with Crippen molar-refractivity contribution in [1.29, 1.82) is 0 Å². The van der Waals surface area contributed by atoms with E-state index in [1.807, 2.05) is 6.92 Å². The van der Waals surface area contributed by atoms with Gasteiger partial charge in [0.2, 0.25) is 0 Å². The second kappa shape index (κ2) is 8.51. The Morgan fingerprint density at radius 1 is 1.03 bits per heavy atom. The molecule has 0 aromatic rings. The van der Waals surface area contributed by atoms with Crippen LogP contribution in [0.1, 0.15) is 79.1 Å². The number of fused-ring (bicyclic) bond motifs is 5. The standard InChI is InChI=1S/C26H44O6/c1-5-15-16-10-14(27)8-9-25(16,3)17-12-20(29)26(4)18(22(17)24(15)32)11-19(28)23(26)13(2)6-7-21(30)31/h13-20,22-24,27-29,32H,5-12H2,1-4H3,(H,30,31). The Kier molecular flexibility index (Phi) is 6.50. The largest absolute Gasteiger partial charge is 0.481 e. The van der Waals surface area contributed by atoms with Crippen molar-refractivity contribution >= 4 is 5.97 Å². The summed E-state index contributed by atoms with van der Waals surface area (Å²) in [5.41, 5.74) is -0.556. The van der Waals surface area contributed by atoms with Gasteiger partial charge in [-0.3, -0.25) is 4.79 Å². The van der Waals surface area contributed by atoms with Crippen LogP contribution in [0, 0.1) is 52.3 Å². The summed E-state index contributed by atoms with van der Waals surface area (Å²) < 4.78 is 0. The van der Waals surface area contributed by atoms with Crippen molar-refractivity contribution in [3.05, 3.63) is 0 Å². The predicted octanol–water partition coefficient (Wildman–Crippen LogP) is 3.06. The normalized spacial score (nSPS) is 53.8. The van der Waals surface area contributed by atoms with E-state index in [2.05, 4.69) is 20.8 Å². The second-order valence-corrected chi connectivity index (χ2v) is 12.2. The van der Waals surface area contributed by atoms with Crippen LogP contribution in [-0.4, -0.2) is 55.9 Å². The highest BCUT2D eigenvalue weighted by atomic mass is 16.4. The third-order valence-corrected chi connectivity index (χ3v) is 11.0.